The van der Waals surface area contributed by atoms with E-state index in [9.17, 15) is 4.79 Å². The first kappa shape index (κ1) is 18.5. The lowest BCUT2D eigenvalue weighted by molar-refractivity contribution is 0.101. The second-order valence-corrected chi connectivity index (χ2v) is 7.00. The number of hydrogen-bond donors (Lipinski definition) is 1. The molecule has 1 N–H and O–H groups in total. The number of nitrogens with zero attached hydrogens (tertiary/aromatic N) is 3. The van der Waals surface area contributed by atoms with Gasteiger partial charge in [0.1, 0.15) is 5.82 Å². The van der Waals surface area contributed by atoms with E-state index in [1.54, 1.807) is 9.58 Å². The fourth-order valence-corrected chi connectivity index (χ4v) is 3.31. The second kappa shape index (κ2) is 8.36. The van der Waals surface area contributed by atoms with Crippen molar-refractivity contribution in [3.63, 3.8) is 0 Å². The Morgan fingerprint density at radius 2 is 2.19 bits per heavy atom. The van der Waals surface area contributed by atoms with Crippen molar-refractivity contribution in [1.82, 2.24) is 14.7 Å². The lowest BCUT2D eigenvalue weighted by atomic mass is 10.1. The van der Waals surface area contributed by atoms with Crippen LogP contribution in [0.25, 0.3) is 5.69 Å². The minimum atomic E-state index is -0.118. The van der Waals surface area contributed by atoms with Gasteiger partial charge in [0.05, 0.1) is 17.5 Å². The number of para-hydroxylation sites is 1. The molecule has 1 aliphatic heterocycles. The van der Waals surface area contributed by atoms with Gasteiger partial charge in [-0.15, -0.1) is 0 Å². The van der Waals surface area contributed by atoms with Crippen molar-refractivity contribution in [2.45, 2.75) is 45.6 Å². The lowest BCUT2D eigenvalue weighted by Gasteiger charge is -2.19. The summed E-state index contributed by atoms with van der Waals surface area (Å²) >= 11 is 0. The zero-order valence-electron chi connectivity index (χ0n) is 15.9. The highest BCUT2D eigenvalue weighted by molar-refractivity contribution is 5.88. The number of hydrogen-bond acceptors (Lipinski definition) is 3. The van der Waals surface area contributed by atoms with Crippen molar-refractivity contribution in [1.29, 1.82) is 0 Å². The number of rotatable bonds is 6. The first-order chi connectivity index (χ1) is 12.5. The van der Waals surface area contributed by atoms with Crippen LogP contribution in [0.5, 0.6) is 0 Å². The summed E-state index contributed by atoms with van der Waals surface area (Å²) in [5.74, 6) is 0.688. The van der Waals surface area contributed by atoms with Crippen LogP contribution in [0.1, 0.15) is 36.9 Å². The van der Waals surface area contributed by atoms with E-state index in [1.807, 2.05) is 51.2 Å². The first-order valence-corrected chi connectivity index (χ1v) is 9.31. The number of benzene rings is 1. The summed E-state index contributed by atoms with van der Waals surface area (Å²) in [6, 6.07) is 9.78. The summed E-state index contributed by atoms with van der Waals surface area (Å²) in [7, 11) is 1.83. The third-order valence-electron chi connectivity index (χ3n) is 4.80. The van der Waals surface area contributed by atoms with E-state index in [0.717, 1.165) is 49.2 Å². The lowest BCUT2D eigenvalue weighted by Crippen LogP contribution is -2.33. The van der Waals surface area contributed by atoms with Crippen LogP contribution in [0.3, 0.4) is 0 Å². The van der Waals surface area contributed by atoms with Crippen molar-refractivity contribution in [2.75, 3.05) is 25.5 Å². The SMILES string of the molecule is Cc1cc(NC(=O)N(C)CCC[C@@H]2CCCO2)n(-c2ccccc2C)n1. The number of amides is 2. The van der Waals surface area contributed by atoms with Crippen molar-refractivity contribution >= 4 is 11.8 Å². The first-order valence-electron chi connectivity index (χ1n) is 9.31. The number of carbonyl (C=O) groups is 1. The van der Waals surface area contributed by atoms with Crippen LogP contribution >= 0.6 is 0 Å². The number of anilines is 1. The van der Waals surface area contributed by atoms with Gasteiger partial charge in [0, 0.05) is 26.3 Å². The van der Waals surface area contributed by atoms with Gasteiger partial charge >= 0.3 is 6.03 Å². The van der Waals surface area contributed by atoms with Gasteiger partial charge < -0.3 is 9.64 Å². The molecular formula is C20H28N4O2. The Hall–Kier alpha value is -2.34. The monoisotopic (exact) mass is 356 g/mol. The number of nitrogens with one attached hydrogen (secondary N) is 1. The molecule has 0 radical (unpaired) electrons. The topological polar surface area (TPSA) is 59.4 Å². The van der Waals surface area contributed by atoms with Crippen LogP contribution in [0, 0.1) is 13.8 Å². The van der Waals surface area contributed by atoms with Gasteiger partial charge in [0.25, 0.3) is 0 Å². The smallest absolute Gasteiger partial charge is 0.322 e. The molecule has 2 amide bonds. The zero-order chi connectivity index (χ0) is 18.5. The number of aryl methyl sites for hydroxylation is 2. The molecule has 0 spiro atoms. The van der Waals surface area contributed by atoms with Gasteiger partial charge in [-0.25, -0.2) is 9.48 Å². The highest BCUT2D eigenvalue weighted by atomic mass is 16.5. The molecule has 0 saturated carbocycles. The second-order valence-electron chi connectivity index (χ2n) is 7.00. The maximum atomic E-state index is 12.6. The summed E-state index contributed by atoms with van der Waals surface area (Å²) in [4.78, 5) is 14.3. The Labute approximate surface area is 155 Å². The molecule has 26 heavy (non-hydrogen) atoms. The third-order valence-corrected chi connectivity index (χ3v) is 4.80. The van der Waals surface area contributed by atoms with Crippen LogP contribution in [0.15, 0.2) is 30.3 Å². The number of aromatic nitrogens is 2. The normalized spacial score (nSPS) is 16.7. The van der Waals surface area contributed by atoms with Crippen LogP contribution in [0.4, 0.5) is 10.6 Å². The minimum absolute atomic E-state index is 0.118. The minimum Gasteiger partial charge on any atom is -0.378 e. The molecule has 1 fully saturated rings. The molecule has 140 valence electrons. The summed E-state index contributed by atoms with van der Waals surface area (Å²) in [5, 5.41) is 7.53. The Morgan fingerprint density at radius 3 is 2.92 bits per heavy atom. The molecule has 1 aromatic heterocycles. The van der Waals surface area contributed by atoms with Gasteiger partial charge in [-0.3, -0.25) is 5.32 Å². The third kappa shape index (κ3) is 4.43. The largest absolute Gasteiger partial charge is 0.378 e. The van der Waals surface area contributed by atoms with Crippen LogP contribution < -0.4 is 5.32 Å². The predicted molar refractivity (Wildman–Crippen MR) is 103 cm³/mol. The quantitative estimate of drug-likeness (QED) is 0.854. The van der Waals surface area contributed by atoms with Gasteiger partial charge in [0.2, 0.25) is 0 Å². The maximum Gasteiger partial charge on any atom is 0.322 e. The van der Waals surface area contributed by atoms with E-state index in [1.165, 1.54) is 0 Å². The van der Waals surface area contributed by atoms with E-state index in [2.05, 4.69) is 10.4 Å². The van der Waals surface area contributed by atoms with E-state index in [4.69, 9.17) is 4.74 Å². The van der Waals surface area contributed by atoms with Gasteiger partial charge in [-0.05, 0) is 51.2 Å². The predicted octanol–water partition coefficient (Wildman–Crippen LogP) is 3.91. The molecule has 2 heterocycles. The fourth-order valence-electron chi connectivity index (χ4n) is 3.31. The summed E-state index contributed by atoms with van der Waals surface area (Å²) in [6.45, 7) is 5.55. The molecule has 1 aliphatic rings. The molecule has 1 saturated heterocycles. The standard InChI is InChI=1S/C20H28N4O2/c1-15-8-4-5-11-18(15)24-19(14-16(2)22-24)21-20(25)23(3)12-6-9-17-10-7-13-26-17/h4-5,8,11,14,17H,6-7,9-10,12-13H2,1-3H3,(H,21,25)/t17-/m1/s1. The highest BCUT2D eigenvalue weighted by Gasteiger charge is 2.17. The van der Waals surface area contributed by atoms with E-state index < -0.39 is 0 Å². The molecular weight excluding hydrogens is 328 g/mol. The van der Waals surface area contributed by atoms with Crippen molar-refractivity contribution < 1.29 is 9.53 Å². The molecule has 3 rings (SSSR count). The van der Waals surface area contributed by atoms with Gasteiger partial charge in [-0.2, -0.15) is 5.10 Å². The van der Waals surface area contributed by atoms with Crippen molar-refractivity contribution in [3.8, 4) is 5.69 Å². The van der Waals surface area contributed by atoms with Crippen molar-refractivity contribution in [2.24, 2.45) is 0 Å². The van der Waals surface area contributed by atoms with Crippen LogP contribution in [0.2, 0.25) is 0 Å². The Bertz CT molecular complexity index is 750. The molecule has 6 heteroatoms. The molecule has 0 unspecified atom stereocenters. The summed E-state index contributed by atoms with van der Waals surface area (Å²) in [5.41, 5.74) is 2.94. The van der Waals surface area contributed by atoms with Gasteiger partial charge in [-0.1, -0.05) is 18.2 Å². The fraction of sp³-hybridized carbons (Fsp3) is 0.500. The number of ether oxygens (including phenoxy) is 1. The Kier molecular flexibility index (Phi) is 5.93. The zero-order valence-corrected chi connectivity index (χ0v) is 15.9. The molecule has 2 aromatic rings. The van der Waals surface area contributed by atoms with E-state index in [0.29, 0.717) is 18.5 Å². The summed E-state index contributed by atoms with van der Waals surface area (Å²) in [6.07, 6.45) is 4.63. The molecule has 0 aliphatic carbocycles. The maximum absolute atomic E-state index is 12.6. The summed E-state index contributed by atoms with van der Waals surface area (Å²) < 4.78 is 7.43. The Morgan fingerprint density at radius 1 is 1.38 bits per heavy atom. The van der Waals surface area contributed by atoms with Gasteiger partial charge in [0.15, 0.2) is 0 Å². The average Bonchev–Trinajstić information content (AvgIpc) is 3.25. The van der Waals surface area contributed by atoms with Crippen LogP contribution in [-0.4, -0.2) is 47.0 Å². The molecule has 0 bridgehead atoms. The highest BCUT2D eigenvalue weighted by Crippen LogP contribution is 2.21. The molecule has 1 atom stereocenters. The average molecular weight is 356 g/mol. The van der Waals surface area contributed by atoms with Crippen LogP contribution in [-0.2, 0) is 4.74 Å². The van der Waals surface area contributed by atoms with E-state index >= 15 is 0 Å². The number of carbonyl (C=O) groups excluding carboxylic acids is 1. The van der Waals surface area contributed by atoms with Crippen molar-refractivity contribution in [3.05, 3.63) is 41.6 Å². The number of urea groups is 1. The molecule has 6 nitrogen and oxygen atoms in total. The molecule has 1 aromatic carbocycles. The Balaban J connectivity index is 1.61. The van der Waals surface area contributed by atoms with E-state index in [-0.39, 0.29) is 6.03 Å².